The molecule has 1 aliphatic rings. The summed E-state index contributed by atoms with van der Waals surface area (Å²) in [4.78, 5) is 13.2. The van der Waals surface area contributed by atoms with Gasteiger partial charge in [-0.25, -0.2) is 4.79 Å². The predicted molar refractivity (Wildman–Crippen MR) is 73.9 cm³/mol. The second-order valence-corrected chi connectivity index (χ2v) is 4.68. The number of hydrogen-bond donors (Lipinski definition) is 2. The van der Waals surface area contributed by atoms with Gasteiger partial charge in [-0.3, -0.25) is 0 Å². The number of carboxylic acid groups (broad SMARTS) is 1. The number of methoxy groups -OCH3 is 1. The molecular formula is C14H20N2O3. The molecule has 2 N–H and O–H groups in total. The van der Waals surface area contributed by atoms with Crippen molar-refractivity contribution >= 4 is 11.7 Å². The summed E-state index contributed by atoms with van der Waals surface area (Å²) in [6, 6.07) is 7.48. The number of carboxylic acids is 1. The highest BCUT2D eigenvalue weighted by atomic mass is 16.5. The average Bonchev–Trinajstić information content (AvgIpc) is 2.45. The fourth-order valence-electron chi connectivity index (χ4n) is 2.41. The summed E-state index contributed by atoms with van der Waals surface area (Å²) in [7, 11) is 1.71. The molecular weight excluding hydrogens is 244 g/mol. The summed E-state index contributed by atoms with van der Waals surface area (Å²) < 4.78 is 5.15. The topological polar surface area (TPSA) is 61.8 Å². The third kappa shape index (κ3) is 3.45. The van der Waals surface area contributed by atoms with Crippen molar-refractivity contribution in [3.63, 3.8) is 0 Å². The second-order valence-electron chi connectivity index (χ2n) is 4.68. The van der Waals surface area contributed by atoms with E-state index >= 15 is 0 Å². The maximum absolute atomic E-state index is 10.9. The van der Waals surface area contributed by atoms with Crippen LogP contribution in [0, 0.1) is 0 Å². The van der Waals surface area contributed by atoms with Crippen molar-refractivity contribution in [2.45, 2.75) is 12.5 Å². The molecule has 0 saturated carbocycles. The van der Waals surface area contributed by atoms with Crippen LogP contribution in [-0.4, -0.2) is 50.5 Å². The lowest BCUT2D eigenvalue weighted by atomic mass is 10.1. The van der Waals surface area contributed by atoms with E-state index in [4.69, 9.17) is 9.84 Å². The number of nitrogens with one attached hydrogen (secondary N) is 1. The van der Waals surface area contributed by atoms with Gasteiger partial charge in [0, 0.05) is 45.1 Å². The Kier molecular flexibility index (Phi) is 4.76. The van der Waals surface area contributed by atoms with E-state index in [1.165, 1.54) is 0 Å². The van der Waals surface area contributed by atoms with Crippen molar-refractivity contribution in [1.82, 2.24) is 5.32 Å². The number of benzene rings is 1. The van der Waals surface area contributed by atoms with Gasteiger partial charge in [0.15, 0.2) is 0 Å². The first kappa shape index (κ1) is 13.8. The van der Waals surface area contributed by atoms with E-state index in [9.17, 15) is 4.79 Å². The van der Waals surface area contributed by atoms with Gasteiger partial charge in [0.1, 0.15) is 0 Å². The SMILES string of the molecule is COCCC1CNCCN1c1ccc(C(=O)O)cc1. The third-order valence-electron chi connectivity index (χ3n) is 3.45. The molecule has 1 heterocycles. The highest BCUT2D eigenvalue weighted by Gasteiger charge is 2.22. The summed E-state index contributed by atoms with van der Waals surface area (Å²) in [5.41, 5.74) is 1.40. The number of ether oxygens (including phenoxy) is 1. The molecule has 1 aromatic carbocycles. The molecule has 1 aromatic rings. The number of piperazine rings is 1. The molecule has 0 amide bonds. The van der Waals surface area contributed by atoms with E-state index in [0.717, 1.165) is 38.3 Å². The van der Waals surface area contributed by atoms with Crippen LogP contribution < -0.4 is 10.2 Å². The Morgan fingerprint density at radius 1 is 1.47 bits per heavy atom. The Morgan fingerprint density at radius 3 is 2.84 bits per heavy atom. The standard InChI is InChI=1S/C14H20N2O3/c1-19-9-6-13-10-15-7-8-16(13)12-4-2-11(3-5-12)14(17)18/h2-5,13,15H,6-10H2,1H3,(H,17,18). The van der Waals surface area contributed by atoms with Crippen LogP contribution in [0.15, 0.2) is 24.3 Å². The highest BCUT2D eigenvalue weighted by Crippen LogP contribution is 2.20. The molecule has 5 nitrogen and oxygen atoms in total. The van der Waals surface area contributed by atoms with Crippen LogP contribution in [0.1, 0.15) is 16.8 Å². The van der Waals surface area contributed by atoms with E-state index in [1.54, 1.807) is 19.2 Å². The molecule has 1 fully saturated rings. The minimum atomic E-state index is -0.886. The van der Waals surface area contributed by atoms with E-state index in [1.807, 2.05) is 12.1 Å². The number of nitrogens with zero attached hydrogens (tertiary/aromatic N) is 1. The van der Waals surface area contributed by atoms with Crippen molar-refractivity contribution in [2.75, 3.05) is 38.3 Å². The van der Waals surface area contributed by atoms with Gasteiger partial charge < -0.3 is 20.1 Å². The van der Waals surface area contributed by atoms with Gasteiger partial charge in [-0.05, 0) is 30.7 Å². The number of anilines is 1. The summed E-state index contributed by atoms with van der Waals surface area (Å²) in [5.74, 6) is -0.886. The smallest absolute Gasteiger partial charge is 0.335 e. The van der Waals surface area contributed by atoms with E-state index in [2.05, 4.69) is 10.2 Å². The first-order valence-electron chi connectivity index (χ1n) is 6.52. The van der Waals surface area contributed by atoms with Crippen LogP contribution in [0.2, 0.25) is 0 Å². The largest absolute Gasteiger partial charge is 0.478 e. The molecule has 1 atom stereocenters. The van der Waals surface area contributed by atoms with Crippen molar-refractivity contribution < 1.29 is 14.6 Å². The Hall–Kier alpha value is -1.59. The molecule has 1 saturated heterocycles. The van der Waals surface area contributed by atoms with Crippen LogP contribution in [0.4, 0.5) is 5.69 Å². The van der Waals surface area contributed by atoms with Gasteiger partial charge in [0.05, 0.1) is 5.56 Å². The third-order valence-corrected chi connectivity index (χ3v) is 3.45. The van der Waals surface area contributed by atoms with Crippen LogP contribution in [0.5, 0.6) is 0 Å². The summed E-state index contributed by atoms with van der Waals surface area (Å²) in [6.07, 6.45) is 0.962. The van der Waals surface area contributed by atoms with Crippen molar-refractivity contribution in [1.29, 1.82) is 0 Å². The van der Waals surface area contributed by atoms with E-state index in [-0.39, 0.29) is 0 Å². The predicted octanol–water partition coefficient (Wildman–Crippen LogP) is 1.20. The van der Waals surface area contributed by atoms with Crippen molar-refractivity contribution in [2.24, 2.45) is 0 Å². The van der Waals surface area contributed by atoms with Gasteiger partial charge in [0.2, 0.25) is 0 Å². The number of aromatic carboxylic acids is 1. The van der Waals surface area contributed by atoms with Crippen molar-refractivity contribution in [3.05, 3.63) is 29.8 Å². The molecule has 1 unspecified atom stereocenters. The Labute approximate surface area is 113 Å². The number of carbonyl (C=O) groups is 1. The van der Waals surface area contributed by atoms with Gasteiger partial charge in [-0.2, -0.15) is 0 Å². The fraction of sp³-hybridized carbons (Fsp3) is 0.500. The van der Waals surface area contributed by atoms with Gasteiger partial charge in [-0.1, -0.05) is 0 Å². The molecule has 0 spiro atoms. The minimum absolute atomic E-state index is 0.326. The molecule has 5 heteroatoms. The number of rotatable bonds is 5. The molecule has 104 valence electrons. The molecule has 0 aromatic heterocycles. The first-order chi connectivity index (χ1) is 9.22. The zero-order valence-electron chi connectivity index (χ0n) is 11.1. The fourth-order valence-corrected chi connectivity index (χ4v) is 2.41. The van der Waals surface area contributed by atoms with Crippen LogP contribution in [-0.2, 0) is 4.74 Å². The zero-order chi connectivity index (χ0) is 13.7. The average molecular weight is 264 g/mol. The molecule has 2 rings (SSSR count). The molecule has 0 radical (unpaired) electrons. The van der Waals surface area contributed by atoms with E-state index < -0.39 is 5.97 Å². The lowest BCUT2D eigenvalue weighted by Gasteiger charge is -2.38. The monoisotopic (exact) mass is 264 g/mol. The zero-order valence-corrected chi connectivity index (χ0v) is 11.1. The molecule has 19 heavy (non-hydrogen) atoms. The molecule has 0 bridgehead atoms. The highest BCUT2D eigenvalue weighted by molar-refractivity contribution is 5.88. The Morgan fingerprint density at radius 2 is 2.21 bits per heavy atom. The quantitative estimate of drug-likeness (QED) is 0.836. The Bertz CT molecular complexity index is 419. The number of hydrogen-bond acceptors (Lipinski definition) is 4. The van der Waals surface area contributed by atoms with Crippen molar-refractivity contribution in [3.8, 4) is 0 Å². The lowest BCUT2D eigenvalue weighted by Crippen LogP contribution is -2.51. The Balaban J connectivity index is 2.10. The van der Waals surface area contributed by atoms with E-state index in [0.29, 0.717) is 11.6 Å². The normalized spacial score (nSPS) is 19.4. The second kappa shape index (κ2) is 6.54. The van der Waals surface area contributed by atoms with Gasteiger partial charge in [0.25, 0.3) is 0 Å². The summed E-state index contributed by atoms with van der Waals surface area (Å²) in [6.45, 7) is 3.55. The maximum Gasteiger partial charge on any atom is 0.335 e. The summed E-state index contributed by atoms with van der Waals surface area (Å²) in [5, 5.41) is 12.3. The molecule has 0 aliphatic carbocycles. The maximum atomic E-state index is 10.9. The summed E-state index contributed by atoms with van der Waals surface area (Å²) >= 11 is 0. The minimum Gasteiger partial charge on any atom is -0.478 e. The lowest BCUT2D eigenvalue weighted by molar-refractivity contribution is 0.0697. The van der Waals surface area contributed by atoms with Crippen LogP contribution >= 0.6 is 0 Å². The molecule has 1 aliphatic heterocycles. The van der Waals surface area contributed by atoms with Crippen LogP contribution in [0.25, 0.3) is 0 Å². The van der Waals surface area contributed by atoms with Crippen LogP contribution in [0.3, 0.4) is 0 Å². The van der Waals surface area contributed by atoms with Gasteiger partial charge >= 0.3 is 5.97 Å². The first-order valence-corrected chi connectivity index (χ1v) is 6.52. The van der Waals surface area contributed by atoms with Gasteiger partial charge in [-0.15, -0.1) is 0 Å².